The zero-order chi connectivity index (χ0) is 16.5. The van der Waals surface area contributed by atoms with E-state index in [0.29, 0.717) is 25.4 Å². The minimum Gasteiger partial charge on any atom is -0.464 e. The van der Waals surface area contributed by atoms with Crippen LogP contribution in [0, 0.1) is 5.92 Å². The molecule has 21 heavy (non-hydrogen) atoms. The standard InChI is InChI=1S/C16H30F2O2S/c1-6-16(17,18)9-7-8-10-21-15(4,5)12-20-14(19)11-13(2)3/h13H,6-12H2,1-5H3. The number of thioether (sulfide) groups is 1. The Morgan fingerprint density at radius 3 is 2.38 bits per heavy atom. The van der Waals surface area contributed by atoms with E-state index in [9.17, 15) is 13.6 Å². The van der Waals surface area contributed by atoms with Crippen molar-refractivity contribution in [3.05, 3.63) is 0 Å². The minimum absolute atomic E-state index is 0.0339. The number of rotatable bonds is 11. The Balaban J connectivity index is 3.80. The van der Waals surface area contributed by atoms with Crippen molar-refractivity contribution in [2.75, 3.05) is 12.4 Å². The molecule has 0 saturated carbocycles. The van der Waals surface area contributed by atoms with Gasteiger partial charge in [-0.1, -0.05) is 20.8 Å². The van der Waals surface area contributed by atoms with E-state index in [2.05, 4.69) is 0 Å². The number of hydrogen-bond donors (Lipinski definition) is 0. The molecule has 2 nitrogen and oxygen atoms in total. The van der Waals surface area contributed by atoms with Crippen LogP contribution in [0.15, 0.2) is 0 Å². The van der Waals surface area contributed by atoms with E-state index >= 15 is 0 Å². The third-order valence-corrected chi connectivity index (χ3v) is 4.49. The van der Waals surface area contributed by atoms with Crippen molar-refractivity contribution >= 4 is 17.7 Å². The number of esters is 1. The van der Waals surface area contributed by atoms with E-state index in [1.54, 1.807) is 11.8 Å². The van der Waals surface area contributed by atoms with E-state index in [0.717, 1.165) is 12.2 Å². The zero-order valence-corrected chi connectivity index (χ0v) is 14.8. The molecule has 0 heterocycles. The molecule has 0 N–H and O–H groups in total. The molecule has 126 valence electrons. The smallest absolute Gasteiger partial charge is 0.306 e. The molecular weight excluding hydrogens is 294 g/mol. The van der Waals surface area contributed by atoms with Gasteiger partial charge in [0.1, 0.15) is 6.61 Å². The first kappa shape index (κ1) is 20.7. The van der Waals surface area contributed by atoms with Crippen molar-refractivity contribution in [1.29, 1.82) is 0 Å². The van der Waals surface area contributed by atoms with Crippen molar-refractivity contribution in [1.82, 2.24) is 0 Å². The summed E-state index contributed by atoms with van der Waals surface area (Å²) >= 11 is 1.68. The normalized spacial score (nSPS) is 12.8. The molecule has 0 unspecified atom stereocenters. The van der Waals surface area contributed by atoms with Gasteiger partial charge in [0.15, 0.2) is 0 Å². The second-order valence-electron chi connectivity index (χ2n) is 6.53. The molecule has 0 bridgehead atoms. The van der Waals surface area contributed by atoms with E-state index < -0.39 is 5.92 Å². The van der Waals surface area contributed by atoms with Crippen molar-refractivity contribution in [3.8, 4) is 0 Å². The van der Waals surface area contributed by atoms with Crippen LogP contribution in [0.25, 0.3) is 0 Å². The predicted octanol–water partition coefficient (Wildman–Crippen LogP) is 5.30. The monoisotopic (exact) mass is 324 g/mol. The first-order valence-corrected chi connectivity index (χ1v) is 8.74. The largest absolute Gasteiger partial charge is 0.464 e. The lowest BCUT2D eigenvalue weighted by molar-refractivity contribution is -0.145. The van der Waals surface area contributed by atoms with Crippen molar-refractivity contribution in [3.63, 3.8) is 0 Å². The molecule has 0 aromatic heterocycles. The number of alkyl halides is 2. The van der Waals surface area contributed by atoms with Crippen molar-refractivity contribution in [2.45, 2.75) is 77.4 Å². The Kier molecular flexibility index (Phi) is 9.50. The maximum absolute atomic E-state index is 13.1. The molecule has 0 rings (SSSR count). The fraction of sp³-hybridized carbons (Fsp3) is 0.938. The van der Waals surface area contributed by atoms with Gasteiger partial charge in [0.25, 0.3) is 0 Å². The molecule has 0 aromatic rings. The Morgan fingerprint density at radius 1 is 1.24 bits per heavy atom. The van der Waals surface area contributed by atoms with Gasteiger partial charge in [-0.3, -0.25) is 4.79 Å². The number of unbranched alkanes of at least 4 members (excludes halogenated alkanes) is 1. The molecule has 0 aromatic carbocycles. The summed E-state index contributed by atoms with van der Waals surface area (Å²) < 4.78 is 31.2. The summed E-state index contributed by atoms with van der Waals surface area (Å²) in [5, 5.41) is 0. The van der Waals surface area contributed by atoms with Gasteiger partial charge in [0, 0.05) is 24.0 Å². The quantitative estimate of drug-likeness (QED) is 0.381. The van der Waals surface area contributed by atoms with Crippen LogP contribution in [0.1, 0.15) is 66.7 Å². The third-order valence-electron chi connectivity index (χ3n) is 3.10. The number of halogens is 2. The molecular formula is C16H30F2O2S. The fourth-order valence-corrected chi connectivity index (χ4v) is 2.74. The number of carbonyl (C=O) groups is 1. The van der Waals surface area contributed by atoms with Crippen LogP contribution < -0.4 is 0 Å². The maximum Gasteiger partial charge on any atom is 0.306 e. The highest BCUT2D eigenvalue weighted by Gasteiger charge is 2.25. The SMILES string of the molecule is CCC(F)(F)CCCCSC(C)(C)COC(=O)CC(C)C. The second kappa shape index (κ2) is 9.65. The molecule has 0 amide bonds. The fourth-order valence-electron chi connectivity index (χ4n) is 1.70. The van der Waals surface area contributed by atoms with E-state index in [4.69, 9.17) is 4.74 Å². The number of ether oxygens (including phenoxy) is 1. The molecule has 0 aliphatic carbocycles. The van der Waals surface area contributed by atoms with Gasteiger partial charge in [-0.05, 0) is 38.4 Å². The zero-order valence-electron chi connectivity index (χ0n) is 14.0. The lowest BCUT2D eigenvalue weighted by Gasteiger charge is -2.24. The molecule has 0 radical (unpaired) electrons. The van der Waals surface area contributed by atoms with Crippen LogP contribution in [-0.2, 0) is 9.53 Å². The van der Waals surface area contributed by atoms with Gasteiger partial charge in [-0.25, -0.2) is 8.78 Å². The van der Waals surface area contributed by atoms with E-state index in [1.807, 2.05) is 27.7 Å². The van der Waals surface area contributed by atoms with Crippen molar-refractivity contribution < 1.29 is 18.3 Å². The van der Waals surface area contributed by atoms with Crippen LogP contribution in [0.5, 0.6) is 0 Å². The molecule has 0 atom stereocenters. The topological polar surface area (TPSA) is 26.3 Å². The molecule has 0 fully saturated rings. The van der Waals surface area contributed by atoms with Gasteiger partial charge >= 0.3 is 5.97 Å². The van der Waals surface area contributed by atoms with E-state index in [-0.39, 0.29) is 23.6 Å². The number of hydrogen-bond acceptors (Lipinski definition) is 3. The Morgan fingerprint density at radius 2 is 1.86 bits per heavy atom. The maximum atomic E-state index is 13.1. The van der Waals surface area contributed by atoms with Crippen LogP contribution in [0.4, 0.5) is 8.78 Å². The van der Waals surface area contributed by atoms with Crippen LogP contribution in [-0.4, -0.2) is 29.0 Å². The van der Waals surface area contributed by atoms with Crippen LogP contribution in [0.3, 0.4) is 0 Å². The van der Waals surface area contributed by atoms with Crippen molar-refractivity contribution in [2.24, 2.45) is 5.92 Å². The Hall–Kier alpha value is -0.320. The summed E-state index contributed by atoms with van der Waals surface area (Å²) in [5.74, 6) is -1.57. The highest BCUT2D eigenvalue weighted by Crippen LogP contribution is 2.28. The molecule has 0 spiro atoms. The summed E-state index contributed by atoms with van der Waals surface area (Å²) in [5.41, 5.74) is 0. The van der Waals surface area contributed by atoms with Gasteiger partial charge in [0.05, 0.1) is 0 Å². The van der Waals surface area contributed by atoms with Gasteiger partial charge < -0.3 is 4.74 Å². The average Bonchev–Trinajstić information content (AvgIpc) is 2.35. The Bertz CT molecular complexity index is 305. The summed E-state index contributed by atoms with van der Waals surface area (Å²) in [6, 6.07) is 0. The number of carbonyl (C=O) groups excluding carboxylic acids is 1. The first-order chi connectivity index (χ1) is 9.58. The average molecular weight is 324 g/mol. The molecule has 5 heteroatoms. The van der Waals surface area contributed by atoms with E-state index in [1.165, 1.54) is 6.92 Å². The van der Waals surface area contributed by atoms with Crippen LogP contribution >= 0.6 is 11.8 Å². The van der Waals surface area contributed by atoms with Gasteiger partial charge in [-0.15, -0.1) is 0 Å². The molecule has 0 saturated heterocycles. The predicted molar refractivity (Wildman–Crippen MR) is 86.0 cm³/mol. The second-order valence-corrected chi connectivity index (χ2v) is 8.34. The summed E-state index contributed by atoms with van der Waals surface area (Å²) in [7, 11) is 0. The first-order valence-electron chi connectivity index (χ1n) is 7.75. The highest BCUT2D eigenvalue weighted by atomic mass is 32.2. The van der Waals surface area contributed by atoms with Gasteiger partial charge in [-0.2, -0.15) is 11.8 Å². The summed E-state index contributed by atoms with van der Waals surface area (Å²) in [6.07, 6.45) is 1.62. The Labute approximate surface area is 132 Å². The van der Waals surface area contributed by atoms with Gasteiger partial charge in [0.2, 0.25) is 5.92 Å². The summed E-state index contributed by atoms with van der Waals surface area (Å²) in [6.45, 7) is 9.88. The minimum atomic E-state index is -2.52. The molecule has 0 aliphatic heterocycles. The summed E-state index contributed by atoms with van der Waals surface area (Å²) in [4.78, 5) is 11.5. The lowest BCUT2D eigenvalue weighted by atomic mass is 10.1. The molecule has 0 aliphatic rings. The third kappa shape index (κ3) is 12.0. The van der Waals surface area contributed by atoms with Crippen LogP contribution in [0.2, 0.25) is 0 Å². The highest BCUT2D eigenvalue weighted by molar-refractivity contribution is 8.00. The lowest BCUT2D eigenvalue weighted by Crippen LogP contribution is -2.26.